The van der Waals surface area contributed by atoms with E-state index in [0.29, 0.717) is 12.3 Å². The van der Waals surface area contributed by atoms with Crippen LogP contribution in [0, 0.1) is 0 Å². The van der Waals surface area contributed by atoms with Crippen LogP contribution in [0.15, 0.2) is 66.0 Å². The predicted molar refractivity (Wildman–Crippen MR) is 138 cm³/mol. The van der Waals surface area contributed by atoms with Crippen molar-refractivity contribution >= 4 is 23.2 Å². The van der Waals surface area contributed by atoms with Gasteiger partial charge in [-0.2, -0.15) is 0 Å². The zero-order chi connectivity index (χ0) is 24.6. The number of hydrogen-bond acceptors (Lipinski definition) is 5. The maximum Gasteiger partial charge on any atom is 0.247 e. The van der Waals surface area contributed by atoms with Gasteiger partial charge in [-0.05, 0) is 59.7 Å². The van der Waals surface area contributed by atoms with Crippen LogP contribution in [0.2, 0.25) is 0 Å². The average molecular weight is 493 g/mol. The zero-order valence-corrected chi connectivity index (χ0v) is 21.1. The van der Waals surface area contributed by atoms with Crippen molar-refractivity contribution < 1.29 is 19.1 Å². The van der Waals surface area contributed by atoms with Crippen LogP contribution in [0.3, 0.4) is 0 Å². The molecular formula is C28H32N2O4S. The third kappa shape index (κ3) is 6.42. The quantitative estimate of drug-likeness (QED) is 0.426. The summed E-state index contributed by atoms with van der Waals surface area (Å²) in [7, 11) is 3.23. The highest BCUT2D eigenvalue weighted by molar-refractivity contribution is 7.10. The van der Waals surface area contributed by atoms with Crippen LogP contribution in [0.4, 0.5) is 0 Å². The van der Waals surface area contributed by atoms with E-state index in [9.17, 15) is 9.59 Å². The van der Waals surface area contributed by atoms with Gasteiger partial charge >= 0.3 is 0 Å². The normalized spacial score (nSPS) is 14.3. The van der Waals surface area contributed by atoms with Crippen LogP contribution >= 0.6 is 11.3 Å². The molecule has 6 nitrogen and oxygen atoms in total. The van der Waals surface area contributed by atoms with Gasteiger partial charge in [-0.1, -0.05) is 43.2 Å². The molecule has 1 fully saturated rings. The Balaban J connectivity index is 1.69. The highest BCUT2D eigenvalue weighted by Crippen LogP contribution is 2.29. The van der Waals surface area contributed by atoms with E-state index in [1.54, 1.807) is 30.5 Å². The Kier molecular flexibility index (Phi) is 8.42. The smallest absolute Gasteiger partial charge is 0.247 e. The number of rotatable bonds is 10. The molecule has 35 heavy (non-hydrogen) atoms. The molecule has 0 unspecified atom stereocenters. The molecule has 2 aromatic carbocycles. The fraction of sp³-hybridized carbons (Fsp3) is 0.357. The van der Waals surface area contributed by atoms with Gasteiger partial charge in [0, 0.05) is 17.5 Å². The van der Waals surface area contributed by atoms with E-state index in [2.05, 4.69) is 5.32 Å². The molecule has 1 aliphatic carbocycles. The number of benzene rings is 2. The van der Waals surface area contributed by atoms with E-state index in [1.165, 1.54) is 0 Å². The maximum atomic E-state index is 13.7. The summed E-state index contributed by atoms with van der Waals surface area (Å²) in [5.74, 6) is 1.21. The lowest BCUT2D eigenvalue weighted by Crippen LogP contribution is -2.46. The SMILES string of the molecule is COc1ccc(CN(C(=O)Cc2cccs2)[C@H](C(=O)NC2CCCC2)c2ccc(OC)cc2)cc1. The Hall–Kier alpha value is -3.32. The first-order chi connectivity index (χ1) is 17.1. The molecule has 1 aromatic heterocycles. The first-order valence-corrected chi connectivity index (χ1v) is 12.8. The van der Waals surface area contributed by atoms with E-state index >= 15 is 0 Å². The Morgan fingerprint density at radius 3 is 2.17 bits per heavy atom. The third-order valence-electron chi connectivity index (χ3n) is 6.43. The Morgan fingerprint density at radius 1 is 0.971 bits per heavy atom. The maximum absolute atomic E-state index is 13.7. The van der Waals surface area contributed by atoms with Gasteiger partial charge in [-0.3, -0.25) is 9.59 Å². The van der Waals surface area contributed by atoms with E-state index < -0.39 is 6.04 Å². The van der Waals surface area contributed by atoms with Gasteiger partial charge in [-0.15, -0.1) is 11.3 Å². The van der Waals surface area contributed by atoms with Crippen molar-refractivity contribution in [1.29, 1.82) is 0 Å². The highest BCUT2D eigenvalue weighted by Gasteiger charge is 2.33. The minimum atomic E-state index is -0.754. The number of thiophene rings is 1. The first-order valence-electron chi connectivity index (χ1n) is 12.0. The molecule has 4 rings (SSSR count). The number of carbonyl (C=O) groups excluding carboxylic acids is 2. The third-order valence-corrected chi connectivity index (χ3v) is 7.31. The molecule has 1 atom stereocenters. The van der Waals surface area contributed by atoms with Crippen molar-refractivity contribution in [1.82, 2.24) is 10.2 Å². The van der Waals surface area contributed by atoms with Gasteiger partial charge in [0.1, 0.15) is 17.5 Å². The lowest BCUT2D eigenvalue weighted by molar-refractivity contribution is -0.141. The standard InChI is InChI=1S/C28H32N2O4S/c1-33-23-13-9-20(10-14-23)19-30(26(31)18-25-8-5-17-35-25)27(21-11-15-24(34-2)16-12-21)28(32)29-22-6-3-4-7-22/h5,8-17,22,27H,3-4,6-7,18-19H2,1-2H3,(H,29,32)/t27-/m0/s1. The molecule has 1 saturated carbocycles. The monoisotopic (exact) mass is 492 g/mol. The lowest BCUT2D eigenvalue weighted by Gasteiger charge is -2.32. The largest absolute Gasteiger partial charge is 0.497 e. The van der Waals surface area contributed by atoms with Crippen LogP contribution in [-0.4, -0.2) is 37.0 Å². The van der Waals surface area contributed by atoms with E-state index in [0.717, 1.165) is 47.4 Å². The fourth-order valence-corrected chi connectivity index (χ4v) is 5.22. The molecule has 0 saturated heterocycles. The summed E-state index contributed by atoms with van der Waals surface area (Å²) in [6, 6.07) is 18.3. The van der Waals surface area contributed by atoms with Crippen molar-refractivity contribution in [2.24, 2.45) is 0 Å². The molecule has 2 amide bonds. The van der Waals surface area contributed by atoms with E-state index in [1.807, 2.05) is 66.0 Å². The number of carbonyl (C=O) groups is 2. The Bertz CT molecular complexity index is 1090. The second-order valence-corrected chi connectivity index (χ2v) is 9.82. The van der Waals surface area contributed by atoms with Gasteiger partial charge in [0.05, 0.1) is 20.6 Å². The van der Waals surface area contributed by atoms with Crippen LogP contribution in [0.1, 0.15) is 47.7 Å². The molecule has 184 valence electrons. The van der Waals surface area contributed by atoms with E-state index in [-0.39, 0.29) is 24.3 Å². The summed E-state index contributed by atoms with van der Waals surface area (Å²) in [5.41, 5.74) is 1.69. The van der Waals surface area contributed by atoms with Crippen LogP contribution < -0.4 is 14.8 Å². The van der Waals surface area contributed by atoms with Crippen LogP contribution in [-0.2, 0) is 22.6 Å². The minimum Gasteiger partial charge on any atom is -0.497 e. The van der Waals surface area contributed by atoms with Crippen molar-refractivity contribution in [3.8, 4) is 11.5 Å². The molecular weight excluding hydrogens is 460 g/mol. The molecule has 0 radical (unpaired) electrons. The molecule has 1 aliphatic rings. The van der Waals surface area contributed by atoms with Crippen LogP contribution in [0.25, 0.3) is 0 Å². The summed E-state index contributed by atoms with van der Waals surface area (Å²) in [5, 5.41) is 5.19. The van der Waals surface area contributed by atoms with Gasteiger partial charge in [-0.25, -0.2) is 0 Å². The van der Waals surface area contributed by atoms with Gasteiger partial charge < -0.3 is 19.7 Å². The number of ether oxygens (including phenoxy) is 2. The summed E-state index contributed by atoms with van der Waals surface area (Å²) in [6.45, 7) is 0.309. The summed E-state index contributed by atoms with van der Waals surface area (Å²) < 4.78 is 10.6. The summed E-state index contributed by atoms with van der Waals surface area (Å²) >= 11 is 1.55. The topological polar surface area (TPSA) is 67.9 Å². The zero-order valence-electron chi connectivity index (χ0n) is 20.2. The number of nitrogens with one attached hydrogen (secondary N) is 1. The van der Waals surface area contributed by atoms with Crippen molar-refractivity contribution in [3.05, 3.63) is 82.0 Å². The molecule has 1 N–H and O–H groups in total. The summed E-state index contributed by atoms with van der Waals surface area (Å²) in [4.78, 5) is 30.1. The number of amides is 2. The molecule has 0 spiro atoms. The molecule has 1 heterocycles. The molecule has 7 heteroatoms. The molecule has 0 aliphatic heterocycles. The van der Waals surface area contributed by atoms with Crippen LogP contribution in [0.5, 0.6) is 11.5 Å². The summed E-state index contributed by atoms with van der Waals surface area (Å²) in [6.07, 6.45) is 4.43. The first kappa shape index (κ1) is 24.8. The second-order valence-electron chi connectivity index (χ2n) is 8.79. The number of hydrogen-bond donors (Lipinski definition) is 1. The number of methoxy groups -OCH3 is 2. The molecule has 3 aromatic rings. The van der Waals surface area contributed by atoms with Crippen molar-refractivity contribution in [3.63, 3.8) is 0 Å². The van der Waals surface area contributed by atoms with E-state index in [4.69, 9.17) is 9.47 Å². The Morgan fingerprint density at radius 2 is 1.60 bits per heavy atom. The molecule has 0 bridgehead atoms. The van der Waals surface area contributed by atoms with Gasteiger partial charge in [0.25, 0.3) is 0 Å². The fourth-order valence-electron chi connectivity index (χ4n) is 4.52. The average Bonchev–Trinajstić information content (AvgIpc) is 3.59. The predicted octanol–water partition coefficient (Wildman–Crippen LogP) is 5.14. The minimum absolute atomic E-state index is 0.0920. The van der Waals surface area contributed by atoms with Gasteiger partial charge in [0.15, 0.2) is 0 Å². The highest BCUT2D eigenvalue weighted by atomic mass is 32.1. The van der Waals surface area contributed by atoms with Gasteiger partial charge in [0.2, 0.25) is 11.8 Å². The Labute approximate surface area is 210 Å². The lowest BCUT2D eigenvalue weighted by atomic mass is 10.0. The van der Waals surface area contributed by atoms with Crippen molar-refractivity contribution in [2.75, 3.05) is 14.2 Å². The number of nitrogens with zero attached hydrogens (tertiary/aromatic N) is 1. The van der Waals surface area contributed by atoms with Crippen molar-refractivity contribution in [2.45, 2.75) is 50.7 Å². The second kappa shape index (κ2) is 11.9.